The number of rotatable bonds is 5. The van der Waals surface area contributed by atoms with Gasteiger partial charge in [-0.1, -0.05) is 78.1 Å². The van der Waals surface area contributed by atoms with Crippen molar-refractivity contribution in [1.82, 2.24) is 9.88 Å². The second-order valence-corrected chi connectivity index (χ2v) is 9.76. The molecule has 0 radical (unpaired) electrons. The first-order valence-electron chi connectivity index (χ1n) is 11.5. The number of nitrogens with zero attached hydrogens (tertiary/aromatic N) is 2. The van der Waals surface area contributed by atoms with Gasteiger partial charge in [-0.3, -0.25) is 4.79 Å². The smallest absolute Gasteiger partial charge is 0.274 e. The highest BCUT2D eigenvalue weighted by Gasteiger charge is 2.25. The molecule has 168 valence electrons. The Morgan fingerprint density at radius 2 is 1.61 bits per heavy atom. The number of carbonyl (C=O) groups excluding carboxylic acids is 1. The third kappa shape index (κ3) is 4.79. The minimum absolute atomic E-state index is 0.111. The summed E-state index contributed by atoms with van der Waals surface area (Å²) in [5, 5.41) is 0.741. The van der Waals surface area contributed by atoms with Gasteiger partial charge in [-0.15, -0.1) is 0 Å². The molecule has 0 atom stereocenters. The highest BCUT2D eigenvalue weighted by molar-refractivity contribution is 7.20. The molecule has 1 aromatic heterocycles. The van der Waals surface area contributed by atoms with E-state index < -0.39 is 0 Å². The number of fused-ring (bicyclic) bond motifs is 1. The number of aromatic nitrogens is 1. The molecular formula is C28H28N2O2S. The average molecular weight is 457 g/mol. The van der Waals surface area contributed by atoms with Crippen LogP contribution in [0.25, 0.3) is 21.3 Å². The summed E-state index contributed by atoms with van der Waals surface area (Å²) in [7, 11) is 0. The Morgan fingerprint density at radius 3 is 2.30 bits per heavy atom. The van der Waals surface area contributed by atoms with E-state index in [-0.39, 0.29) is 12.0 Å². The summed E-state index contributed by atoms with van der Waals surface area (Å²) in [6.07, 6.45) is 2.23. The third-order valence-electron chi connectivity index (χ3n) is 6.40. The Balaban J connectivity index is 1.15. The first kappa shape index (κ1) is 21.7. The van der Waals surface area contributed by atoms with Gasteiger partial charge in [0.2, 0.25) is 5.91 Å². The van der Waals surface area contributed by atoms with Crippen molar-refractivity contribution in [2.45, 2.75) is 39.2 Å². The number of carbonyl (C=O) groups is 1. The van der Waals surface area contributed by atoms with E-state index in [1.807, 2.05) is 23.1 Å². The summed E-state index contributed by atoms with van der Waals surface area (Å²) in [5.74, 6) is 0.187. The average Bonchev–Trinajstić information content (AvgIpc) is 3.28. The summed E-state index contributed by atoms with van der Waals surface area (Å²) in [5.41, 5.74) is 6.87. The number of hydrogen-bond donors (Lipinski definition) is 0. The standard InChI is InChI=1S/C28H28N2O2S/c1-19-8-9-20(2)27-26(19)29-28(33-27)32-24-14-16-30(17-15-24)25(31)18-21-10-12-23(13-11-21)22-6-4-3-5-7-22/h3-13,24H,14-18H2,1-2H3. The Bertz CT molecular complexity index is 1220. The topological polar surface area (TPSA) is 42.4 Å². The van der Waals surface area contributed by atoms with Crippen LogP contribution in [0.5, 0.6) is 5.19 Å². The van der Waals surface area contributed by atoms with Crippen molar-refractivity contribution in [3.05, 3.63) is 83.4 Å². The molecule has 4 aromatic rings. The number of thiazole rings is 1. The summed E-state index contributed by atoms with van der Waals surface area (Å²) in [6, 6.07) is 22.9. The fraction of sp³-hybridized carbons (Fsp3) is 0.286. The monoisotopic (exact) mass is 456 g/mol. The number of piperidine rings is 1. The van der Waals surface area contributed by atoms with Gasteiger partial charge < -0.3 is 9.64 Å². The van der Waals surface area contributed by atoms with Crippen LogP contribution in [0.15, 0.2) is 66.7 Å². The zero-order chi connectivity index (χ0) is 22.8. The maximum absolute atomic E-state index is 12.9. The molecule has 5 heteroatoms. The number of aryl methyl sites for hydroxylation is 2. The maximum Gasteiger partial charge on any atom is 0.274 e. The molecule has 2 heterocycles. The van der Waals surface area contributed by atoms with E-state index >= 15 is 0 Å². The number of amides is 1. The molecule has 0 unspecified atom stereocenters. The molecular weight excluding hydrogens is 428 g/mol. The zero-order valence-electron chi connectivity index (χ0n) is 19.1. The number of hydrogen-bond acceptors (Lipinski definition) is 4. The Morgan fingerprint density at radius 1 is 0.939 bits per heavy atom. The van der Waals surface area contributed by atoms with Crippen LogP contribution in [-0.4, -0.2) is 35.0 Å². The van der Waals surface area contributed by atoms with Crippen LogP contribution in [0.2, 0.25) is 0 Å². The second-order valence-electron chi connectivity index (χ2n) is 8.79. The molecule has 1 aliphatic heterocycles. The lowest BCUT2D eigenvalue weighted by Gasteiger charge is -2.31. The number of ether oxygens (including phenoxy) is 1. The van der Waals surface area contributed by atoms with Gasteiger partial charge in [0, 0.05) is 25.9 Å². The summed E-state index contributed by atoms with van der Waals surface area (Å²) < 4.78 is 7.43. The fourth-order valence-corrected chi connectivity index (χ4v) is 5.42. The van der Waals surface area contributed by atoms with E-state index in [9.17, 15) is 4.79 Å². The lowest BCUT2D eigenvalue weighted by molar-refractivity contribution is -0.132. The van der Waals surface area contributed by atoms with Crippen molar-refractivity contribution in [2.75, 3.05) is 13.1 Å². The van der Waals surface area contributed by atoms with Gasteiger partial charge in [0.25, 0.3) is 5.19 Å². The second kappa shape index (κ2) is 9.36. The minimum Gasteiger partial charge on any atom is -0.467 e. The van der Waals surface area contributed by atoms with Crippen LogP contribution in [0.3, 0.4) is 0 Å². The first-order valence-corrected chi connectivity index (χ1v) is 12.3. The van der Waals surface area contributed by atoms with Gasteiger partial charge in [0.05, 0.1) is 16.6 Å². The largest absolute Gasteiger partial charge is 0.467 e. The fourth-order valence-electron chi connectivity index (χ4n) is 4.39. The minimum atomic E-state index is 0.111. The van der Waals surface area contributed by atoms with E-state index in [2.05, 4.69) is 62.4 Å². The lowest BCUT2D eigenvalue weighted by Crippen LogP contribution is -2.42. The van der Waals surface area contributed by atoms with Crippen LogP contribution in [0, 0.1) is 13.8 Å². The van der Waals surface area contributed by atoms with Gasteiger partial charge in [-0.2, -0.15) is 0 Å². The molecule has 1 aliphatic rings. The molecule has 1 saturated heterocycles. The third-order valence-corrected chi connectivity index (χ3v) is 7.48. The van der Waals surface area contributed by atoms with E-state index in [1.54, 1.807) is 11.3 Å². The molecule has 4 nitrogen and oxygen atoms in total. The molecule has 0 spiro atoms. The van der Waals surface area contributed by atoms with Crippen LogP contribution in [0.4, 0.5) is 0 Å². The van der Waals surface area contributed by atoms with Crippen molar-refractivity contribution in [2.24, 2.45) is 0 Å². The Labute approximate surface area is 198 Å². The summed E-state index contributed by atoms with van der Waals surface area (Å²) in [4.78, 5) is 19.5. The molecule has 0 bridgehead atoms. The highest BCUT2D eigenvalue weighted by atomic mass is 32.1. The predicted octanol–water partition coefficient (Wildman–Crippen LogP) is 6.19. The van der Waals surface area contributed by atoms with Crippen molar-refractivity contribution >= 4 is 27.5 Å². The number of benzene rings is 3. The molecule has 33 heavy (non-hydrogen) atoms. The number of likely N-dealkylation sites (tertiary alicyclic amines) is 1. The van der Waals surface area contributed by atoms with Gasteiger partial charge in [0.15, 0.2) is 0 Å². The van der Waals surface area contributed by atoms with Crippen LogP contribution < -0.4 is 4.74 Å². The SMILES string of the molecule is Cc1ccc(C)c2sc(OC3CCN(C(=O)Cc4ccc(-c5ccccc5)cc4)CC3)nc12. The van der Waals surface area contributed by atoms with Crippen molar-refractivity contribution in [3.63, 3.8) is 0 Å². The Hall–Kier alpha value is -3.18. The molecule has 1 amide bonds. The zero-order valence-corrected chi connectivity index (χ0v) is 19.9. The molecule has 0 saturated carbocycles. The van der Waals surface area contributed by atoms with Gasteiger partial charge >= 0.3 is 0 Å². The molecule has 3 aromatic carbocycles. The normalized spacial score (nSPS) is 14.5. The summed E-state index contributed by atoms with van der Waals surface area (Å²) >= 11 is 1.63. The molecule has 0 N–H and O–H groups in total. The van der Waals surface area contributed by atoms with Crippen LogP contribution >= 0.6 is 11.3 Å². The quantitative estimate of drug-likeness (QED) is 0.359. The van der Waals surface area contributed by atoms with Gasteiger partial charge in [-0.05, 0) is 41.7 Å². The van der Waals surface area contributed by atoms with Crippen molar-refractivity contribution in [1.29, 1.82) is 0 Å². The maximum atomic E-state index is 12.9. The van der Waals surface area contributed by atoms with E-state index in [4.69, 9.17) is 9.72 Å². The molecule has 5 rings (SSSR count). The first-order chi connectivity index (χ1) is 16.1. The lowest BCUT2D eigenvalue weighted by atomic mass is 10.0. The Kier molecular flexibility index (Phi) is 6.14. The molecule has 0 aliphatic carbocycles. The van der Waals surface area contributed by atoms with Crippen LogP contribution in [-0.2, 0) is 11.2 Å². The van der Waals surface area contributed by atoms with E-state index in [0.717, 1.165) is 42.2 Å². The van der Waals surface area contributed by atoms with Gasteiger partial charge in [-0.25, -0.2) is 4.98 Å². The van der Waals surface area contributed by atoms with Crippen LogP contribution in [0.1, 0.15) is 29.5 Å². The molecule has 1 fully saturated rings. The predicted molar refractivity (Wildman–Crippen MR) is 135 cm³/mol. The summed E-state index contributed by atoms with van der Waals surface area (Å²) in [6.45, 7) is 5.66. The van der Waals surface area contributed by atoms with Crippen molar-refractivity contribution < 1.29 is 9.53 Å². The van der Waals surface area contributed by atoms with E-state index in [0.29, 0.717) is 6.42 Å². The highest BCUT2D eigenvalue weighted by Crippen LogP contribution is 2.33. The van der Waals surface area contributed by atoms with Gasteiger partial charge in [0.1, 0.15) is 6.10 Å². The van der Waals surface area contributed by atoms with E-state index in [1.165, 1.54) is 27.0 Å². The van der Waals surface area contributed by atoms with Crippen molar-refractivity contribution in [3.8, 4) is 16.3 Å².